The molecular weight excluding hydrogens is 462 g/mol. The summed E-state index contributed by atoms with van der Waals surface area (Å²) in [6.07, 6.45) is 1.39. The van der Waals surface area contributed by atoms with Crippen molar-refractivity contribution in [3.63, 3.8) is 0 Å². The molecule has 0 amide bonds. The molecule has 4 rings (SSSR count). The molecule has 0 atom stereocenters. The molecule has 1 heterocycles. The zero-order chi connectivity index (χ0) is 23.6. The van der Waals surface area contributed by atoms with E-state index in [2.05, 4.69) is 0 Å². The Morgan fingerprint density at radius 3 is 2.36 bits per heavy atom. The maximum Gasteiger partial charge on any atom is 0.211 e. The molecule has 170 valence electrons. The van der Waals surface area contributed by atoms with Crippen molar-refractivity contribution in [3.8, 4) is 11.5 Å². The minimum Gasteiger partial charge on any atom is -0.497 e. The normalized spacial score (nSPS) is 11.5. The van der Waals surface area contributed by atoms with Gasteiger partial charge < -0.3 is 14.0 Å². The van der Waals surface area contributed by atoms with E-state index in [-0.39, 0.29) is 15.2 Å². The summed E-state index contributed by atoms with van der Waals surface area (Å²) in [6.45, 7) is 2.59. The van der Waals surface area contributed by atoms with Gasteiger partial charge in [-0.3, -0.25) is 4.79 Å². The van der Waals surface area contributed by atoms with Crippen LogP contribution in [0.25, 0.3) is 10.9 Å². The van der Waals surface area contributed by atoms with Crippen molar-refractivity contribution >= 4 is 32.3 Å². The second-order valence-corrected chi connectivity index (χ2v) is 9.73. The van der Waals surface area contributed by atoms with Gasteiger partial charge in [0, 0.05) is 17.8 Å². The zero-order valence-corrected chi connectivity index (χ0v) is 19.7. The van der Waals surface area contributed by atoms with Gasteiger partial charge in [-0.2, -0.15) is 0 Å². The van der Waals surface area contributed by atoms with Crippen LogP contribution in [0.15, 0.2) is 87.5 Å². The molecule has 0 aliphatic heterocycles. The maximum absolute atomic E-state index is 13.5. The summed E-state index contributed by atoms with van der Waals surface area (Å²) in [7, 11) is -2.59. The minimum absolute atomic E-state index is 0.00928. The van der Waals surface area contributed by atoms with Crippen LogP contribution < -0.4 is 14.9 Å². The lowest BCUT2D eigenvalue weighted by Gasteiger charge is -2.15. The molecule has 6 nitrogen and oxygen atoms in total. The summed E-state index contributed by atoms with van der Waals surface area (Å²) in [6, 6.07) is 18.3. The van der Waals surface area contributed by atoms with E-state index in [4.69, 9.17) is 21.1 Å². The number of hydrogen-bond donors (Lipinski definition) is 0. The minimum atomic E-state index is -4.09. The van der Waals surface area contributed by atoms with Crippen LogP contribution in [0.1, 0.15) is 12.5 Å². The van der Waals surface area contributed by atoms with E-state index in [1.54, 1.807) is 47.0 Å². The summed E-state index contributed by atoms with van der Waals surface area (Å²) in [5.41, 5.74) is 0.885. The first kappa shape index (κ1) is 22.9. The molecule has 0 radical (unpaired) electrons. The number of ether oxygens (including phenoxy) is 2. The lowest BCUT2D eigenvalue weighted by Crippen LogP contribution is -2.19. The Hall–Kier alpha value is -3.29. The molecular formula is C25H22ClNO5S. The van der Waals surface area contributed by atoms with E-state index in [1.165, 1.54) is 25.4 Å². The number of methoxy groups -OCH3 is 1. The van der Waals surface area contributed by atoms with Gasteiger partial charge in [0.15, 0.2) is 0 Å². The fourth-order valence-electron chi connectivity index (χ4n) is 3.64. The van der Waals surface area contributed by atoms with Crippen molar-refractivity contribution in [2.45, 2.75) is 23.3 Å². The van der Waals surface area contributed by atoms with Gasteiger partial charge in [-0.05, 0) is 67.1 Å². The molecule has 0 aliphatic carbocycles. The fourth-order valence-corrected chi connectivity index (χ4v) is 5.22. The predicted octanol–water partition coefficient (Wildman–Crippen LogP) is 4.94. The Morgan fingerprint density at radius 2 is 1.70 bits per heavy atom. The van der Waals surface area contributed by atoms with Gasteiger partial charge in [-0.25, -0.2) is 8.42 Å². The summed E-state index contributed by atoms with van der Waals surface area (Å²) >= 11 is 6.14. The third-order valence-corrected chi connectivity index (χ3v) is 7.23. The van der Waals surface area contributed by atoms with E-state index in [9.17, 15) is 13.2 Å². The molecule has 0 saturated carbocycles. The monoisotopic (exact) mass is 483 g/mol. The second-order valence-electron chi connectivity index (χ2n) is 7.37. The highest BCUT2D eigenvalue weighted by Crippen LogP contribution is 2.26. The third-order valence-electron chi connectivity index (χ3n) is 5.23. The first-order chi connectivity index (χ1) is 15.8. The second kappa shape index (κ2) is 9.29. The molecule has 0 aliphatic rings. The van der Waals surface area contributed by atoms with Crippen molar-refractivity contribution in [1.29, 1.82) is 0 Å². The molecule has 0 unspecified atom stereocenters. The maximum atomic E-state index is 13.5. The first-order valence-electron chi connectivity index (χ1n) is 10.3. The molecule has 0 spiro atoms. The first-order valence-corrected chi connectivity index (χ1v) is 12.1. The van der Waals surface area contributed by atoms with E-state index >= 15 is 0 Å². The largest absolute Gasteiger partial charge is 0.497 e. The number of nitrogens with zero attached hydrogens (tertiary/aromatic N) is 1. The molecule has 33 heavy (non-hydrogen) atoms. The number of sulfone groups is 1. The molecule has 0 N–H and O–H groups in total. The van der Waals surface area contributed by atoms with Crippen LogP contribution in [0, 0.1) is 0 Å². The summed E-state index contributed by atoms with van der Waals surface area (Å²) in [5, 5.41) is 0.833. The van der Waals surface area contributed by atoms with Crippen molar-refractivity contribution < 1.29 is 17.9 Å². The fraction of sp³-hybridized carbons (Fsp3) is 0.160. The zero-order valence-electron chi connectivity index (χ0n) is 18.1. The predicted molar refractivity (Wildman–Crippen MR) is 128 cm³/mol. The van der Waals surface area contributed by atoms with Crippen molar-refractivity contribution in [2.75, 3.05) is 13.7 Å². The van der Waals surface area contributed by atoms with Gasteiger partial charge in [-0.1, -0.05) is 23.7 Å². The average molecular weight is 484 g/mol. The van der Waals surface area contributed by atoms with Crippen LogP contribution in [0.4, 0.5) is 0 Å². The highest BCUT2D eigenvalue weighted by molar-refractivity contribution is 7.91. The Kier molecular flexibility index (Phi) is 6.44. The number of benzene rings is 3. The third kappa shape index (κ3) is 4.60. The van der Waals surface area contributed by atoms with E-state index in [0.29, 0.717) is 35.2 Å². The lowest BCUT2D eigenvalue weighted by molar-refractivity contribution is 0.340. The van der Waals surface area contributed by atoms with Crippen molar-refractivity contribution in [2.24, 2.45) is 0 Å². The standard InChI is InChI=1S/C25H22ClNO5S/c1-3-32-20-9-12-23-22(14-20)25(28)24(16-27(23)15-17-5-4-6-18(26)13-17)33(29,30)21-10-7-19(31-2)8-11-21/h4-14,16H,3,15H2,1-2H3. The number of halogens is 1. The quantitative estimate of drug-likeness (QED) is 0.372. The number of fused-ring (bicyclic) bond motifs is 1. The Bertz CT molecular complexity index is 1480. The van der Waals surface area contributed by atoms with Crippen LogP contribution >= 0.6 is 11.6 Å². The van der Waals surface area contributed by atoms with E-state index < -0.39 is 15.3 Å². The summed E-state index contributed by atoms with van der Waals surface area (Å²) in [5.74, 6) is 1.02. The van der Waals surface area contributed by atoms with Crippen LogP contribution in [0.3, 0.4) is 0 Å². The molecule has 0 bridgehead atoms. The van der Waals surface area contributed by atoms with Crippen molar-refractivity contribution in [3.05, 3.63) is 93.7 Å². The highest BCUT2D eigenvalue weighted by Gasteiger charge is 2.24. The molecule has 3 aromatic carbocycles. The average Bonchev–Trinajstić information content (AvgIpc) is 2.81. The number of aromatic nitrogens is 1. The van der Waals surface area contributed by atoms with Gasteiger partial charge >= 0.3 is 0 Å². The molecule has 1 aromatic heterocycles. The topological polar surface area (TPSA) is 74.6 Å². The Balaban J connectivity index is 1.94. The Morgan fingerprint density at radius 1 is 0.970 bits per heavy atom. The van der Waals surface area contributed by atoms with E-state index in [0.717, 1.165) is 5.56 Å². The lowest BCUT2D eigenvalue weighted by atomic mass is 10.1. The smallest absolute Gasteiger partial charge is 0.211 e. The highest BCUT2D eigenvalue weighted by atomic mass is 35.5. The number of pyridine rings is 1. The SMILES string of the molecule is CCOc1ccc2c(c1)c(=O)c(S(=O)(=O)c1ccc(OC)cc1)cn2Cc1cccc(Cl)c1. The van der Waals surface area contributed by atoms with Gasteiger partial charge in [-0.15, -0.1) is 0 Å². The van der Waals surface area contributed by atoms with Gasteiger partial charge in [0.1, 0.15) is 16.4 Å². The Labute approximate surface area is 196 Å². The summed E-state index contributed by atoms with van der Waals surface area (Å²) < 4.78 is 39.3. The number of rotatable bonds is 7. The van der Waals surface area contributed by atoms with Gasteiger partial charge in [0.2, 0.25) is 15.3 Å². The molecule has 0 saturated heterocycles. The molecule has 8 heteroatoms. The van der Waals surface area contributed by atoms with Gasteiger partial charge in [0.05, 0.1) is 29.5 Å². The summed E-state index contributed by atoms with van der Waals surface area (Å²) in [4.78, 5) is 13.1. The van der Waals surface area contributed by atoms with Crippen LogP contribution in [-0.2, 0) is 16.4 Å². The number of hydrogen-bond acceptors (Lipinski definition) is 5. The molecule has 0 fully saturated rings. The van der Waals surface area contributed by atoms with Crippen LogP contribution in [0.2, 0.25) is 5.02 Å². The van der Waals surface area contributed by atoms with Crippen LogP contribution in [0.5, 0.6) is 11.5 Å². The van der Waals surface area contributed by atoms with Gasteiger partial charge in [0.25, 0.3) is 0 Å². The van der Waals surface area contributed by atoms with Crippen LogP contribution in [-0.4, -0.2) is 26.7 Å². The van der Waals surface area contributed by atoms with E-state index in [1.807, 2.05) is 19.1 Å². The van der Waals surface area contributed by atoms with Crippen molar-refractivity contribution in [1.82, 2.24) is 4.57 Å². The molecule has 4 aromatic rings.